The lowest BCUT2D eigenvalue weighted by Gasteiger charge is -2.14. The molecule has 1 amide bonds. The van der Waals surface area contributed by atoms with E-state index in [1.807, 2.05) is 18.2 Å². The molecule has 0 unspecified atom stereocenters. The number of anilines is 2. The number of nitrogen functional groups attached to an aromatic ring is 1. The van der Waals surface area contributed by atoms with Crippen LogP contribution in [0.2, 0.25) is 5.02 Å². The van der Waals surface area contributed by atoms with Crippen molar-refractivity contribution in [3.8, 4) is 11.4 Å². The van der Waals surface area contributed by atoms with Crippen molar-refractivity contribution in [2.45, 2.75) is 5.16 Å². The molecule has 0 saturated heterocycles. The van der Waals surface area contributed by atoms with Crippen molar-refractivity contribution >= 4 is 61.8 Å². The second-order valence-electron chi connectivity index (χ2n) is 6.30. The predicted molar refractivity (Wildman–Crippen MR) is 125 cm³/mol. The zero-order valence-corrected chi connectivity index (χ0v) is 18.6. The van der Waals surface area contributed by atoms with Gasteiger partial charge in [0.2, 0.25) is 5.91 Å². The highest BCUT2D eigenvalue weighted by Gasteiger charge is 2.14. The van der Waals surface area contributed by atoms with E-state index in [-0.39, 0.29) is 17.5 Å². The van der Waals surface area contributed by atoms with Crippen LogP contribution in [0.1, 0.15) is 0 Å². The van der Waals surface area contributed by atoms with Gasteiger partial charge in [-0.3, -0.25) is 14.2 Å². The van der Waals surface area contributed by atoms with Crippen LogP contribution in [0.3, 0.4) is 0 Å². The number of amides is 1. The molecule has 4 rings (SSSR count). The molecule has 2 aromatic carbocycles. The fourth-order valence-corrected chi connectivity index (χ4v) is 4.66. The molecular formula is C20H16ClN5O3S2. The van der Waals surface area contributed by atoms with Gasteiger partial charge >= 0.3 is 0 Å². The van der Waals surface area contributed by atoms with Crippen LogP contribution < -0.4 is 21.3 Å². The molecular weight excluding hydrogens is 458 g/mol. The number of fused-ring (bicyclic) bond motifs is 1. The summed E-state index contributed by atoms with van der Waals surface area (Å²) in [6.45, 7) is 0. The number of carbonyl (C=O) groups excluding carboxylic acids is 1. The van der Waals surface area contributed by atoms with Gasteiger partial charge in [0.1, 0.15) is 11.6 Å². The molecule has 0 atom stereocenters. The van der Waals surface area contributed by atoms with Crippen molar-refractivity contribution in [1.29, 1.82) is 0 Å². The lowest BCUT2D eigenvalue weighted by molar-refractivity contribution is -0.113. The first-order valence-corrected chi connectivity index (χ1v) is 11.1. The fraction of sp³-hybridized carbons (Fsp3) is 0.100. The maximum Gasteiger partial charge on any atom is 0.275 e. The first-order valence-electron chi connectivity index (χ1n) is 8.95. The molecule has 0 aliphatic rings. The lowest BCUT2D eigenvalue weighted by Crippen LogP contribution is -2.19. The van der Waals surface area contributed by atoms with Crippen LogP contribution in [0.25, 0.3) is 15.9 Å². The summed E-state index contributed by atoms with van der Waals surface area (Å²) < 4.78 is 7.71. The summed E-state index contributed by atoms with van der Waals surface area (Å²) in [4.78, 5) is 32.8. The number of nitrogens with one attached hydrogen (secondary N) is 1. The van der Waals surface area contributed by atoms with Gasteiger partial charge in [-0.25, -0.2) is 4.98 Å². The number of halogens is 1. The second kappa shape index (κ2) is 8.96. The number of hydrogen-bond donors (Lipinski definition) is 2. The van der Waals surface area contributed by atoms with E-state index in [1.54, 1.807) is 35.9 Å². The Bertz CT molecular complexity index is 1320. The number of hydrogen-bond acceptors (Lipinski definition) is 8. The van der Waals surface area contributed by atoms with Crippen LogP contribution in [-0.2, 0) is 4.79 Å². The van der Waals surface area contributed by atoms with Gasteiger partial charge in [-0.1, -0.05) is 34.7 Å². The topological polar surface area (TPSA) is 112 Å². The average molecular weight is 474 g/mol. The summed E-state index contributed by atoms with van der Waals surface area (Å²) in [5, 5.41) is 4.12. The summed E-state index contributed by atoms with van der Waals surface area (Å²) in [5.41, 5.74) is 7.01. The highest BCUT2D eigenvalue weighted by molar-refractivity contribution is 7.99. The van der Waals surface area contributed by atoms with Crippen molar-refractivity contribution in [3.63, 3.8) is 0 Å². The molecule has 31 heavy (non-hydrogen) atoms. The minimum Gasteiger partial charge on any atom is -0.497 e. The summed E-state index contributed by atoms with van der Waals surface area (Å²) in [6, 6.07) is 13.7. The summed E-state index contributed by atoms with van der Waals surface area (Å²) >= 11 is 8.40. The minimum absolute atomic E-state index is 0.0166. The van der Waals surface area contributed by atoms with E-state index in [4.69, 9.17) is 22.1 Å². The van der Waals surface area contributed by atoms with E-state index in [1.165, 1.54) is 17.4 Å². The number of aromatic nitrogens is 3. The minimum atomic E-state index is -0.481. The van der Waals surface area contributed by atoms with Crippen LogP contribution in [0.4, 0.5) is 10.9 Å². The maximum absolute atomic E-state index is 12.5. The van der Waals surface area contributed by atoms with Gasteiger partial charge in [0.25, 0.3) is 5.56 Å². The van der Waals surface area contributed by atoms with Gasteiger partial charge in [-0.2, -0.15) is 4.98 Å². The number of benzene rings is 2. The van der Waals surface area contributed by atoms with E-state index >= 15 is 0 Å². The number of methoxy groups -OCH3 is 1. The highest BCUT2D eigenvalue weighted by atomic mass is 35.5. The van der Waals surface area contributed by atoms with Gasteiger partial charge in [0.15, 0.2) is 10.3 Å². The zero-order chi connectivity index (χ0) is 22.0. The fourth-order valence-electron chi connectivity index (χ4n) is 2.80. The summed E-state index contributed by atoms with van der Waals surface area (Å²) in [5.74, 6) is 0.668. The van der Waals surface area contributed by atoms with Gasteiger partial charge in [-0.15, -0.1) is 0 Å². The van der Waals surface area contributed by atoms with E-state index in [0.29, 0.717) is 21.0 Å². The van der Waals surface area contributed by atoms with Crippen molar-refractivity contribution in [2.75, 3.05) is 23.9 Å². The van der Waals surface area contributed by atoms with Gasteiger partial charge < -0.3 is 15.8 Å². The lowest BCUT2D eigenvalue weighted by atomic mass is 10.3. The van der Waals surface area contributed by atoms with Crippen molar-refractivity contribution in [3.05, 3.63) is 63.9 Å². The van der Waals surface area contributed by atoms with E-state index in [0.717, 1.165) is 27.7 Å². The van der Waals surface area contributed by atoms with Crippen LogP contribution in [0.5, 0.6) is 5.75 Å². The third-order valence-electron chi connectivity index (χ3n) is 4.19. The quantitative estimate of drug-likeness (QED) is 0.323. The zero-order valence-electron chi connectivity index (χ0n) is 16.2. The molecule has 8 nitrogen and oxygen atoms in total. The van der Waals surface area contributed by atoms with E-state index in [2.05, 4.69) is 15.3 Å². The van der Waals surface area contributed by atoms with Crippen LogP contribution >= 0.6 is 34.7 Å². The Morgan fingerprint density at radius 2 is 2.00 bits per heavy atom. The third-order valence-corrected chi connectivity index (χ3v) is 6.31. The molecule has 2 aromatic heterocycles. The van der Waals surface area contributed by atoms with Crippen LogP contribution in [0.15, 0.2) is 58.5 Å². The van der Waals surface area contributed by atoms with Gasteiger partial charge in [0.05, 0.1) is 23.1 Å². The first kappa shape index (κ1) is 21.2. The molecule has 0 spiro atoms. The monoisotopic (exact) mass is 473 g/mol. The third kappa shape index (κ3) is 4.82. The number of ether oxygens (including phenoxy) is 1. The Hall–Kier alpha value is -3.08. The van der Waals surface area contributed by atoms with Crippen LogP contribution in [0, 0.1) is 0 Å². The van der Waals surface area contributed by atoms with Gasteiger partial charge in [0, 0.05) is 16.8 Å². The Kier molecular flexibility index (Phi) is 6.12. The second-order valence-corrected chi connectivity index (χ2v) is 8.71. The summed E-state index contributed by atoms with van der Waals surface area (Å²) in [6.07, 6.45) is 0. The van der Waals surface area contributed by atoms with Crippen molar-refractivity contribution in [2.24, 2.45) is 0 Å². The normalized spacial score (nSPS) is 10.9. The highest BCUT2D eigenvalue weighted by Crippen LogP contribution is 2.29. The SMILES string of the molecule is COc1ccc2nc(NC(=O)CSc3nc(=O)cc(N)n3-c3ccc(Cl)cc3)sc2c1. The molecule has 0 aliphatic heterocycles. The number of thioether (sulfide) groups is 1. The number of rotatable bonds is 6. The predicted octanol–water partition coefficient (Wildman–Crippen LogP) is 3.82. The maximum atomic E-state index is 12.5. The summed E-state index contributed by atoms with van der Waals surface area (Å²) in [7, 11) is 1.59. The molecule has 0 fully saturated rings. The molecule has 4 aromatic rings. The number of carbonyl (C=O) groups is 1. The number of nitrogens with zero attached hydrogens (tertiary/aromatic N) is 3. The molecule has 158 valence electrons. The molecule has 0 bridgehead atoms. The van der Waals surface area contributed by atoms with Crippen molar-refractivity contribution < 1.29 is 9.53 Å². The van der Waals surface area contributed by atoms with E-state index < -0.39 is 5.56 Å². The molecule has 2 heterocycles. The molecule has 0 saturated carbocycles. The van der Waals surface area contributed by atoms with Crippen LogP contribution in [-0.4, -0.2) is 33.3 Å². The first-order chi connectivity index (χ1) is 14.9. The molecule has 0 aliphatic carbocycles. The molecule has 0 radical (unpaired) electrons. The molecule has 11 heteroatoms. The smallest absolute Gasteiger partial charge is 0.275 e. The molecule has 3 N–H and O–H groups in total. The van der Waals surface area contributed by atoms with Crippen molar-refractivity contribution in [1.82, 2.24) is 14.5 Å². The number of thiazole rings is 1. The Labute approximate surface area is 190 Å². The Balaban J connectivity index is 1.52. The van der Waals surface area contributed by atoms with Gasteiger partial charge in [-0.05, 0) is 42.5 Å². The van der Waals surface area contributed by atoms with E-state index in [9.17, 15) is 9.59 Å². The standard InChI is InChI=1S/C20H16ClN5O3S2/c1-29-13-6-7-14-15(8-13)31-19(23-14)24-18(28)10-30-20-25-17(27)9-16(22)26(20)12-4-2-11(21)3-5-12/h2-9H,10,22H2,1H3,(H,23,24,28). The average Bonchev–Trinajstić information content (AvgIpc) is 3.14. The Morgan fingerprint density at radius 3 is 2.74 bits per heavy atom. The Morgan fingerprint density at radius 1 is 1.23 bits per heavy atom. The largest absolute Gasteiger partial charge is 0.497 e. The number of nitrogens with two attached hydrogens (primary N) is 1.